The number of para-hydroxylation sites is 1. The quantitative estimate of drug-likeness (QED) is 0.597. The van der Waals surface area contributed by atoms with E-state index in [1.165, 1.54) is 0 Å². The molecule has 0 unspecified atom stereocenters. The number of nitrogens with two attached hydrogens (primary N) is 2. The molecule has 0 saturated carbocycles. The minimum atomic E-state index is 0.176. The number of fused-ring (bicyclic) bond motifs is 1. The minimum absolute atomic E-state index is 0.176. The summed E-state index contributed by atoms with van der Waals surface area (Å²) >= 11 is 0. The van der Waals surface area contributed by atoms with E-state index in [0.717, 1.165) is 17.1 Å². The Bertz CT molecular complexity index is 1040. The number of benzene rings is 2. The van der Waals surface area contributed by atoms with Gasteiger partial charge in [-0.25, -0.2) is 9.67 Å². The van der Waals surface area contributed by atoms with Crippen molar-refractivity contribution >= 4 is 22.8 Å². The number of rotatable bonds is 3. The Morgan fingerprint density at radius 3 is 2.28 bits per heavy atom. The van der Waals surface area contributed by atoms with Crippen LogP contribution in [0.5, 0.6) is 11.5 Å². The molecule has 0 saturated heterocycles. The third-order valence-corrected chi connectivity index (χ3v) is 3.83. The summed E-state index contributed by atoms with van der Waals surface area (Å²) in [5, 5.41) is 4.89. The highest BCUT2D eigenvalue weighted by molar-refractivity contribution is 5.98. The van der Waals surface area contributed by atoms with Gasteiger partial charge in [-0.2, -0.15) is 10.1 Å². The van der Waals surface area contributed by atoms with E-state index in [9.17, 15) is 0 Å². The number of anilines is 2. The van der Waals surface area contributed by atoms with Gasteiger partial charge in [-0.3, -0.25) is 0 Å². The maximum absolute atomic E-state index is 6.02. The van der Waals surface area contributed by atoms with Crippen LogP contribution >= 0.6 is 0 Å². The van der Waals surface area contributed by atoms with Gasteiger partial charge in [0.2, 0.25) is 5.95 Å². The first-order valence-corrected chi connectivity index (χ1v) is 7.71. The molecule has 0 spiro atoms. The van der Waals surface area contributed by atoms with E-state index in [0.29, 0.717) is 22.5 Å². The Kier molecular flexibility index (Phi) is 3.46. The van der Waals surface area contributed by atoms with Crippen molar-refractivity contribution in [3.05, 3.63) is 54.6 Å². The van der Waals surface area contributed by atoms with Crippen LogP contribution in [0, 0.1) is 0 Å². The van der Waals surface area contributed by atoms with Crippen LogP contribution in [0.2, 0.25) is 0 Å². The third kappa shape index (κ3) is 2.72. The largest absolute Gasteiger partial charge is 0.457 e. The van der Waals surface area contributed by atoms with Crippen LogP contribution in [-0.2, 0) is 7.05 Å². The van der Waals surface area contributed by atoms with E-state index in [1.807, 2.05) is 54.6 Å². The molecular formula is C18H16N6O. The van der Waals surface area contributed by atoms with Gasteiger partial charge in [0.15, 0.2) is 11.5 Å². The molecule has 7 heteroatoms. The van der Waals surface area contributed by atoms with Crippen LogP contribution in [0.25, 0.3) is 22.3 Å². The topological polar surface area (TPSA) is 105 Å². The highest BCUT2D eigenvalue weighted by atomic mass is 16.5. The average Bonchev–Trinajstić information content (AvgIpc) is 2.90. The Morgan fingerprint density at radius 2 is 1.56 bits per heavy atom. The number of hydrogen-bond donors (Lipinski definition) is 2. The summed E-state index contributed by atoms with van der Waals surface area (Å²) in [6, 6.07) is 17.2. The van der Waals surface area contributed by atoms with Crippen molar-refractivity contribution in [2.24, 2.45) is 7.05 Å². The van der Waals surface area contributed by atoms with E-state index in [-0.39, 0.29) is 5.95 Å². The number of nitrogen functional groups attached to an aromatic ring is 2. The van der Waals surface area contributed by atoms with Crippen LogP contribution in [-0.4, -0.2) is 19.7 Å². The average molecular weight is 332 g/mol. The molecule has 25 heavy (non-hydrogen) atoms. The summed E-state index contributed by atoms with van der Waals surface area (Å²) < 4.78 is 7.41. The number of nitrogens with zero attached hydrogens (tertiary/aromatic N) is 4. The van der Waals surface area contributed by atoms with Crippen LogP contribution in [0.3, 0.4) is 0 Å². The summed E-state index contributed by atoms with van der Waals surface area (Å²) in [4.78, 5) is 8.57. The Labute approximate surface area is 143 Å². The fourth-order valence-corrected chi connectivity index (χ4v) is 2.71. The lowest BCUT2D eigenvalue weighted by Crippen LogP contribution is -2.00. The van der Waals surface area contributed by atoms with E-state index >= 15 is 0 Å². The predicted molar refractivity (Wildman–Crippen MR) is 97.1 cm³/mol. The van der Waals surface area contributed by atoms with Gasteiger partial charge in [0.1, 0.15) is 11.5 Å². The number of ether oxygens (including phenoxy) is 1. The first-order chi connectivity index (χ1) is 12.1. The molecule has 0 fully saturated rings. The smallest absolute Gasteiger partial charge is 0.222 e. The van der Waals surface area contributed by atoms with E-state index in [2.05, 4.69) is 15.1 Å². The lowest BCUT2D eigenvalue weighted by molar-refractivity contribution is 0.483. The highest BCUT2D eigenvalue weighted by Gasteiger charge is 2.16. The first kappa shape index (κ1) is 14.9. The molecule has 0 amide bonds. The van der Waals surface area contributed by atoms with Crippen molar-refractivity contribution in [3.8, 4) is 22.8 Å². The second-order valence-corrected chi connectivity index (χ2v) is 5.58. The fraction of sp³-hybridized carbons (Fsp3) is 0.0556. The zero-order valence-corrected chi connectivity index (χ0v) is 13.5. The molecule has 0 bridgehead atoms. The summed E-state index contributed by atoms with van der Waals surface area (Å²) in [7, 11) is 1.77. The molecule has 7 nitrogen and oxygen atoms in total. The van der Waals surface area contributed by atoms with Crippen LogP contribution in [0.4, 0.5) is 11.8 Å². The van der Waals surface area contributed by atoms with Crippen LogP contribution < -0.4 is 16.2 Å². The van der Waals surface area contributed by atoms with Crippen molar-refractivity contribution in [2.75, 3.05) is 11.5 Å². The van der Waals surface area contributed by atoms with Crippen molar-refractivity contribution in [1.29, 1.82) is 0 Å². The fourth-order valence-electron chi connectivity index (χ4n) is 2.71. The summed E-state index contributed by atoms with van der Waals surface area (Å²) in [6.07, 6.45) is 0. The van der Waals surface area contributed by atoms with Crippen LogP contribution in [0.15, 0.2) is 54.6 Å². The molecule has 0 aliphatic carbocycles. The number of aryl methyl sites for hydroxylation is 1. The molecule has 0 aliphatic rings. The SMILES string of the molecule is Cn1nc(N)c2c(-c3ccc(Oc4ccccc4)cc3)nc(N)nc21. The van der Waals surface area contributed by atoms with Gasteiger partial charge in [-0.1, -0.05) is 18.2 Å². The summed E-state index contributed by atoms with van der Waals surface area (Å²) in [5.41, 5.74) is 14.0. The van der Waals surface area contributed by atoms with E-state index in [1.54, 1.807) is 11.7 Å². The maximum Gasteiger partial charge on any atom is 0.222 e. The van der Waals surface area contributed by atoms with E-state index in [4.69, 9.17) is 16.2 Å². The number of aromatic nitrogens is 4. The van der Waals surface area contributed by atoms with Gasteiger partial charge < -0.3 is 16.2 Å². The van der Waals surface area contributed by atoms with E-state index < -0.39 is 0 Å². The van der Waals surface area contributed by atoms with Gasteiger partial charge >= 0.3 is 0 Å². The second-order valence-electron chi connectivity index (χ2n) is 5.58. The van der Waals surface area contributed by atoms with Gasteiger partial charge in [-0.15, -0.1) is 0 Å². The lowest BCUT2D eigenvalue weighted by Gasteiger charge is -2.08. The van der Waals surface area contributed by atoms with Crippen LogP contribution in [0.1, 0.15) is 0 Å². The molecule has 0 radical (unpaired) electrons. The van der Waals surface area contributed by atoms with Crippen molar-refractivity contribution < 1.29 is 4.74 Å². The lowest BCUT2D eigenvalue weighted by atomic mass is 10.1. The third-order valence-electron chi connectivity index (χ3n) is 3.83. The molecular weight excluding hydrogens is 316 g/mol. The molecule has 0 aliphatic heterocycles. The maximum atomic E-state index is 6.02. The highest BCUT2D eigenvalue weighted by Crippen LogP contribution is 2.32. The van der Waals surface area contributed by atoms with Crippen molar-refractivity contribution in [1.82, 2.24) is 19.7 Å². The van der Waals surface area contributed by atoms with Crippen molar-refractivity contribution in [3.63, 3.8) is 0 Å². The molecule has 2 aromatic heterocycles. The van der Waals surface area contributed by atoms with Gasteiger partial charge in [0.05, 0.1) is 11.1 Å². The predicted octanol–water partition coefficient (Wildman–Crippen LogP) is 2.99. The van der Waals surface area contributed by atoms with Gasteiger partial charge in [0, 0.05) is 12.6 Å². The Hall–Kier alpha value is -3.61. The molecule has 4 N–H and O–H groups in total. The molecule has 2 aromatic carbocycles. The molecule has 0 atom stereocenters. The minimum Gasteiger partial charge on any atom is -0.457 e. The Balaban J connectivity index is 1.74. The monoisotopic (exact) mass is 332 g/mol. The molecule has 2 heterocycles. The summed E-state index contributed by atoms with van der Waals surface area (Å²) in [6.45, 7) is 0. The molecule has 4 rings (SSSR count). The first-order valence-electron chi connectivity index (χ1n) is 7.71. The summed E-state index contributed by atoms with van der Waals surface area (Å²) in [5.74, 6) is 2.06. The zero-order valence-electron chi connectivity index (χ0n) is 13.5. The van der Waals surface area contributed by atoms with Gasteiger partial charge in [-0.05, 0) is 36.4 Å². The zero-order chi connectivity index (χ0) is 17.4. The second kappa shape index (κ2) is 5.79. The normalized spacial score (nSPS) is 10.9. The molecule has 4 aromatic rings. The van der Waals surface area contributed by atoms with Gasteiger partial charge in [0.25, 0.3) is 0 Å². The number of hydrogen-bond acceptors (Lipinski definition) is 6. The van der Waals surface area contributed by atoms with Crippen molar-refractivity contribution in [2.45, 2.75) is 0 Å². The Morgan fingerprint density at radius 1 is 0.880 bits per heavy atom. The standard InChI is InChI=1S/C18H16N6O/c1-24-17-14(16(19)23-24)15(21-18(20)22-17)11-7-9-13(10-8-11)25-12-5-3-2-4-6-12/h2-10H,1H3,(H2,19,23)(H2,20,21,22). The molecule has 124 valence electrons.